The second-order valence-corrected chi connectivity index (χ2v) is 6.67. The molecule has 0 aromatic carbocycles. The highest BCUT2D eigenvalue weighted by Crippen LogP contribution is 2.21. The number of fused-ring (bicyclic) bond motifs is 1. The molecule has 1 N–H and O–H groups in total. The first-order valence-electron chi connectivity index (χ1n) is 6.07. The molecule has 0 unspecified atom stereocenters. The minimum atomic E-state index is -3.35. The van der Waals surface area contributed by atoms with Crippen LogP contribution in [0.15, 0.2) is 18.3 Å². The Morgan fingerprint density at radius 1 is 1.42 bits per heavy atom. The van der Waals surface area contributed by atoms with Gasteiger partial charge in [-0.25, -0.2) is 13.4 Å². The van der Waals surface area contributed by atoms with Gasteiger partial charge in [-0.1, -0.05) is 24.9 Å². The normalized spacial score (nSPS) is 11.9. The number of aryl methyl sites for hydroxylation is 1. The molecule has 0 bridgehead atoms. The van der Waals surface area contributed by atoms with E-state index < -0.39 is 10.0 Å². The van der Waals surface area contributed by atoms with Crippen LogP contribution in [-0.2, 0) is 10.0 Å². The van der Waals surface area contributed by atoms with E-state index >= 15 is 0 Å². The van der Waals surface area contributed by atoms with E-state index in [-0.39, 0.29) is 5.75 Å². The quantitative estimate of drug-likeness (QED) is 0.923. The first-order chi connectivity index (χ1) is 8.93. The van der Waals surface area contributed by atoms with Crippen molar-refractivity contribution in [2.24, 2.45) is 0 Å². The summed E-state index contributed by atoms with van der Waals surface area (Å²) in [5.74, 6) is 0.560. The fraction of sp³-hybridized carbons (Fsp3) is 0.417. The molecular weight excluding hydrogens is 286 g/mol. The maximum atomic E-state index is 12.0. The summed E-state index contributed by atoms with van der Waals surface area (Å²) < 4.78 is 28.1. The van der Waals surface area contributed by atoms with Gasteiger partial charge in [0.2, 0.25) is 10.0 Å². The predicted molar refractivity (Wildman–Crippen MR) is 77.3 cm³/mol. The van der Waals surface area contributed by atoms with Gasteiger partial charge in [0, 0.05) is 6.20 Å². The number of anilines is 1. The zero-order valence-corrected chi connectivity index (χ0v) is 12.4. The number of hydrogen-bond donors (Lipinski definition) is 1. The summed E-state index contributed by atoms with van der Waals surface area (Å²) in [4.78, 5) is 4.30. The van der Waals surface area contributed by atoms with Gasteiger partial charge < -0.3 is 0 Å². The van der Waals surface area contributed by atoms with Gasteiger partial charge in [0.15, 0.2) is 0 Å². The lowest BCUT2D eigenvalue weighted by atomic mass is 10.4. The lowest BCUT2D eigenvalue weighted by molar-refractivity contribution is 0.597. The Morgan fingerprint density at radius 2 is 2.16 bits per heavy atom. The molecule has 0 aliphatic rings. The van der Waals surface area contributed by atoms with Gasteiger partial charge in [-0.2, -0.15) is 0 Å². The number of nitrogens with zero attached hydrogens (tertiary/aromatic N) is 2. The van der Waals surface area contributed by atoms with Gasteiger partial charge in [0.1, 0.15) is 11.5 Å². The Balaban J connectivity index is 2.40. The molecule has 7 heteroatoms. The van der Waals surface area contributed by atoms with Crippen LogP contribution in [0.2, 0.25) is 5.02 Å². The van der Waals surface area contributed by atoms with Crippen LogP contribution in [-0.4, -0.2) is 23.6 Å². The molecule has 2 rings (SSSR count). The van der Waals surface area contributed by atoms with Crippen LogP contribution in [0.5, 0.6) is 0 Å². The molecule has 0 saturated heterocycles. The number of imidazole rings is 1. The number of sulfonamides is 1. The molecular formula is C12H16ClN3O2S. The maximum absolute atomic E-state index is 12.0. The number of halogens is 1. The van der Waals surface area contributed by atoms with Crippen LogP contribution in [0.3, 0.4) is 0 Å². The van der Waals surface area contributed by atoms with Crippen molar-refractivity contribution >= 4 is 33.1 Å². The highest BCUT2D eigenvalue weighted by atomic mass is 35.5. The average molecular weight is 302 g/mol. The van der Waals surface area contributed by atoms with Crippen molar-refractivity contribution in [3.05, 3.63) is 29.0 Å². The van der Waals surface area contributed by atoms with Gasteiger partial charge in [-0.15, -0.1) is 0 Å². The van der Waals surface area contributed by atoms with Gasteiger partial charge in [-0.05, 0) is 25.5 Å². The van der Waals surface area contributed by atoms with Crippen molar-refractivity contribution in [2.45, 2.75) is 26.7 Å². The Kier molecular flexibility index (Phi) is 4.01. The summed E-state index contributed by atoms with van der Waals surface area (Å²) in [6.45, 7) is 3.72. The van der Waals surface area contributed by atoms with Crippen LogP contribution < -0.4 is 4.72 Å². The van der Waals surface area contributed by atoms with Crippen LogP contribution in [0.25, 0.3) is 5.65 Å². The largest absolute Gasteiger partial charge is 0.284 e. The van der Waals surface area contributed by atoms with Crippen LogP contribution >= 0.6 is 11.6 Å². The van der Waals surface area contributed by atoms with Crippen LogP contribution in [0.1, 0.15) is 25.5 Å². The highest BCUT2D eigenvalue weighted by molar-refractivity contribution is 7.92. The fourth-order valence-electron chi connectivity index (χ4n) is 1.79. The van der Waals surface area contributed by atoms with Gasteiger partial charge >= 0.3 is 0 Å². The van der Waals surface area contributed by atoms with E-state index in [2.05, 4.69) is 9.71 Å². The van der Waals surface area contributed by atoms with E-state index in [4.69, 9.17) is 11.6 Å². The Bertz CT molecular complexity index is 694. The van der Waals surface area contributed by atoms with Crippen LogP contribution in [0, 0.1) is 6.92 Å². The first kappa shape index (κ1) is 14.1. The molecule has 0 atom stereocenters. The number of rotatable bonds is 5. The third-order valence-corrected chi connectivity index (χ3v) is 4.33. The molecule has 5 nitrogen and oxygen atoms in total. The molecule has 2 aromatic heterocycles. The summed E-state index contributed by atoms with van der Waals surface area (Å²) in [6, 6.07) is 3.47. The van der Waals surface area contributed by atoms with Crippen molar-refractivity contribution in [1.82, 2.24) is 9.38 Å². The van der Waals surface area contributed by atoms with Crippen LogP contribution in [0.4, 0.5) is 5.82 Å². The van der Waals surface area contributed by atoms with E-state index in [0.717, 1.165) is 6.42 Å². The van der Waals surface area contributed by atoms with Crippen molar-refractivity contribution in [3.63, 3.8) is 0 Å². The third kappa shape index (κ3) is 3.19. The summed E-state index contributed by atoms with van der Waals surface area (Å²) in [5, 5.41) is 0.527. The minimum Gasteiger partial charge on any atom is -0.284 e. The first-order valence-corrected chi connectivity index (χ1v) is 8.10. The molecule has 0 aliphatic heterocycles. The monoisotopic (exact) mass is 301 g/mol. The molecule has 0 amide bonds. The molecule has 19 heavy (non-hydrogen) atoms. The fourth-order valence-corrected chi connectivity index (χ4v) is 3.26. The van der Waals surface area contributed by atoms with E-state index in [1.165, 1.54) is 0 Å². The van der Waals surface area contributed by atoms with E-state index in [0.29, 0.717) is 28.6 Å². The van der Waals surface area contributed by atoms with Gasteiger partial charge in [0.05, 0.1) is 16.5 Å². The summed E-state index contributed by atoms with van der Waals surface area (Å²) >= 11 is 5.93. The molecule has 0 fully saturated rings. The van der Waals surface area contributed by atoms with Gasteiger partial charge in [0.25, 0.3) is 0 Å². The van der Waals surface area contributed by atoms with Crippen molar-refractivity contribution in [3.8, 4) is 0 Å². The number of hydrogen-bond acceptors (Lipinski definition) is 3. The smallest absolute Gasteiger partial charge is 0.233 e. The summed E-state index contributed by atoms with van der Waals surface area (Å²) in [6.07, 6.45) is 3.11. The number of aromatic nitrogens is 2. The molecule has 0 spiro atoms. The number of nitrogens with one attached hydrogen (secondary N) is 1. The molecule has 0 saturated carbocycles. The van der Waals surface area contributed by atoms with E-state index in [1.807, 2.05) is 6.92 Å². The summed E-state index contributed by atoms with van der Waals surface area (Å²) in [5.41, 5.74) is 1.29. The second-order valence-electron chi connectivity index (χ2n) is 4.40. The third-order valence-electron chi connectivity index (χ3n) is 2.78. The zero-order valence-electron chi connectivity index (χ0n) is 10.9. The zero-order chi connectivity index (χ0) is 14.0. The standard InChI is InChI=1S/C12H16ClN3O2S/c1-3-4-7-19(17,18)15-12-9(2)14-11-6-5-10(13)8-16(11)12/h5-6,8,15H,3-4,7H2,1-2H3. The van der Waals surface area contributed by atoms with Crippen molar-refractivity contribution in [1.29, 1.82) is 0 Å². The second kappa shape index (κ2) is 5.38. The molecule has 104 valence electrons. The molecule has 2 aromatic rings. The predicted octanol–water partition coefficient (Wildman–Crippen LogP) is 2.84. The SMILES string of the molecule is CCCCS(=O)(=O)Nc1c(C)nc2ccc(Cl)cn12. The topological polar surface area (TPSA) is 63.5 Å². The lowest BCUT2D eigenvalue weighted by Gasteiger charge is -2.08. The molecule has 0 aliphatic carbocycles. The Morgan fingerprint density at radius 3 is 2.84 bits per heavy atom. The number of pyridine rings is 1. The Labute approximate surface area is 117 Å². The van der Waals surface area contributed by atoms with E-state index in [9.17, 15) is 8.42 Å². The minimum absolute atomic E-state index is 0.108. The van der Waals surface area contributed by atoms with Crippen molar-refractivity contribution in [2.75, 3.05) is 10.5 Å². The number of unbranched alkanes of at least 4 members (excludes halogenated alkanes) is 1. The maximum Gasteiger partial charge on any atom is 0.233 e. The molecule has 2 heterocycles. The highest BCUT2D eigenvalue weighted by Gasteiger charge is 2.16. The Hall–Kier alpha value is -1.27. The lowest BCUT2D eigenvalue weighted by Crippen LogP contribution is -2.18. The summed E-state index contributed by atoms with van der Waals surface area (Å²) in [7, 11) is -3.35. The van der Waals surface area contributed by atoms with Gasteiger partial charge in [-0.3, -0.25) is 9.12 Å². The van der Waals surface area contributed by atoms with Crippen molar-refractivity contribution < 1.29 is 8.42 Å². The average Bonchev–Trinajstić information content (AvgIpc) is 2.63. The van der Waals surface area contributed by atoms with E-state index in [1.54, 1.807) is 29.7 Å². The molecule has 0 radical (unpaired) electrons.